The summed E-state index contributed by atoms with van der Waals surface area (Å²) in [6.07, 6.45) is 0.271. The van der Waals surface area contributed by atoms with Crippen molar-refractivity contribution in [3.05, 3.63) is 70.5 Å². The van der Waals surface area contributed by atoms with Crippen LogP contribution in [0.2, 0.25) is 0 Å². The lowest BCUT2D eigenvalue weighted by atomic mass is 10.2. The van der Waals surface area contributed by atoms with Gasteiger partial charge in [-0.3, -0.25) is 9.59 Å². The molecule has 0 aromatic heterocycles. The predicted molar refractivity (Wildman–Crippen MR) is 80.7 cm³/mol. The normalized spacial score (nSPS) is 10.8. The summed E-state index contributed by atoms with van der Waals surface area (Å²) in [6, 6.07) is 7.94. The van der Waals surface area contributed by atoms with Crippen molar-refractivity contribution < 1.29 is 31.5 Å². The quantitative estimate of drug-likeness (QED) is 0.278. The van der Waals surface area contributed by atoms with E-state index in [2.05, 4.69) is 10.4 Å². The Morgan fingerprint density at radius 3 is 2.00 bits per heavy atom. The number of amides is 2. The van der Waals surface area contributed by atoms with Crippen LogP contribution >= 0.6 is 0 Å². The number of hydrogen-bond donors (Lipinski definition) is 2. The van der Waals surface area contributed by atoms with Crippen LogP contribution < -0.4 is 10.7 Å². The summed E-state index contributed by atoms with van der Waals surface area (Å²) < 4.78 is 65.7. The highest BCUT2D eigenvalue weighted by molar-refractivity contribution is 5.96. The molecule has 0 bridgehead atoms. The fourth-order valence-corrected chi connectivity index (χ4v) is 1.80. The topological polar surface area (TPSA) is 70.6 Å². The first-order chi connectivity index (χ1) is 12.3. The molecule has 0 radical (unpaired) electrons. The fraction of sp³-hybridized carbons (Fsp3) is 0.0625. The van der Waals surface area contributed by atoms with Crippen molar-refractivity contribution in [2.45, 2.75) is 0 Å². The fourth-order valence-electron chi connectivity index (χ4n) is 1.80. The minimum Gasteiger partial charge on any atom is -0.343 e. The van der Waals surface area contributed by atoms with Gasteiger partial charge in [0, 0.05) is 5.56 Å². The molecule has 0 aliphatic heterocycles. The van der Waals surface area contributed by atoms with E-state index >= 15 is 0 Å². The van der Waals surface area contributed by atoms with Gasteiger partial charge in [0.1, 0.15) is 0 Å². The number of rotatable bonds is 5. The van der Waals surface area contributed by atoms with Crippen molar-refractivity contribution in [3.8, 4) is 0 Å². The Balaban J connectivity index is 1.97. The van der Waals surface area contributed by atoms with Crippen LogP contribution in [0.3, 0.4) is 0 Å². The molecule has 0 saturated heterocycles. The van der Waals surface area contributed by atoms with Crippen molar-refractivity contribution >= 4 is 18.0 Å². The van der Waals surface area contributed by atoms with Gasteiger partial charge < -0.3 is 5.32 Å². The highest BCUT2D eigenvalue weighted by Gasteiger charge is 2.24. The Labute approximate surface area is 143 Å². The number of nitrogens with one attached hydrogen (secondary N) is 2. The van der Waals surface area contributed by atoms with E-state index in [1.807, 2.05) is 0 Å². The van der Waals surface area contributed by atoms with Gasteiger partial charge >= 0.3 is 0 Å². The molecule has 10 heteroatoms. The number of hydrogen-bond acceptors (Lipinski definition) is 3. The smallest absolute Gasteiger partial charge is 0.259 e. The average Bonchev–Trinajstić information content (AvgIpc) is 2.66. The van der Waals surface area contributed by atoms with Gasteiger partial charge in [-0.1, -0.05) is 18.2 Å². The zero-order chi connectivity index (χ0) is 19.3. The van der Waals surface area contributed by atoms with Crippen LogP contribution in [0.5, 0.6) is 0 Å². The second kappa shape index (κ2) is 8.19. The minimum absolute atomic E-state index is 0.271. The lowest BCUT2D eigenvalue weighted by Crippen LogP contribution is -2.34. The summed E-state index contributed by atoms with van der Waals surface area (Å²) in [5.41, 5.74) is 0.776. The molecule has 2 aromatic rings. The van der Waals surface area contributed by atoms with E-state index in [1.165, 1.54) is 12.1 Å². The molecule has 2 amide bonds. The number of hydrazone groups is 1. The Morgan fingerprint density at radius 2 is 1.42 bits per heavy atom. The molecule has 0 spiro atoms. The lowest BCUT2D eigenvalue weighted by molar-refractivity contribution is -0.120. The van der Waals surface area contributed by atoms with Gasteiger partial charge in [-0.05, 0) is 12.1 Å². The zero-order valence-electron chi connectivity index (χ0n) is 12.8. The second-order valence-electron chi connectivity index (χ2n) is 4.83. The Hall–Kier alpha value is -3.30. The summed E-state index contributed by atoms with van der Waals surface area (Å²) >= 11 is 0. The lowest BCUT2D eigenvalue weighted by Gasteiger charge is -2.05. The first-order valence-corrected chi connectivity index (χ1v) is 6.99. The van der Waals surface area contributed by atoms with E-state index in [0.29, 0.717) is 5.56 Å². The van der Waals surface area contributed by atoms with Crippen LogP contribution in [0.4, 0.5) is 22.0 Å². The van der Waals surface area contributed by atoms with Gasteiger partial charge in [-0.2, -0.15) is 5.10 Å². The zero-order valence-corrected chi connectivity index (χ0v) is 12.8. The van der Waals surface area contributed by atoms with Crippen molar-refractivity contribution in [2.24, 2.45) is 5.10 Å². The molecular formula is C16H10F5N3O2. The molecule has 0 aliphatic rings. The second-order valence-corrected chi connectivity index (χ2v) is 4.83. The van der Waals surface area contributed by atoms with Crippen LogP contribution in [0.15, 0.2) is 35.4 Å². The molecule has 0 fully saturated rings. The molecule has 0 aliphatic carbocycles. The van der Waals surface area contributed by atoms with Crippen molar-refractivity contribution in [3.63, 3.8) is 0 Å². The molecule has 0 atom stereocenters. The molecule has 26 heavy (non-hydrogen) atoms. The van der Waals surface area contributed by atoms with E-state index in [-0.39, 0.29) is 6.21 Å². The highest BCUT2D eigenvalue weighted by Crippen LogP contribution is 2.21. The Kier molecular flexibility index (Phi) is 5.99. The molecule has 5 nitrogen and oxygen atoms in total. The molecule has 2 N–H and O–H groups in total. The van der Waals surface area contributed by atoms with E-state index in [9.17, 15) is 31.5 Å². The maximum Gasteiger partial charge on any atom is 0.259 e. The van der Waals surface area contributed by atoms with Gasteiger partial charge in [-0.15, -0.1) is 0 Å². The summed E-state index contributed by atoms with van der Waals surface area (Å²) in [5.74, 6) is -12.2. The maximum atomic E-state index is 13.4. The van der Waals surface area contributed by atoms with Crippen LogP contribution in [0.1, 0.15) is 15.9 Å². The SMILES string of the molecule is O=C(CNC(=O)c1ccccc1)N/N=C/c1c(F)c(F)c(F)c(F)c1F. The monoisotopic (exact) mass is 371 g/mol. The number of halogens is 5. The van der Waals surface area contributed by atoms with Crippen molar-refractivity contribution in [1.82, 2.24) is 10.7 Å². The molecule has 0 saturated carbocycles. The minimum atomic E-state index is -2.30. The maximum absolute atomic E-state index is 13.4. The molecule has 0 heterocycles. The van der Waals surface area contributed by atoms with E-state index in [1.54, 1.807) is 23.6 Å². The molecule has 2 aromatic carbocycles. The largest absolute Gasteiger partial charge is 0.343 e. The highest BCUT2D eigenvalue weighted by atomic mass is 19.2. The Bertz CT molecular complexity index is 843. The first-order valence-electron chi connectivity index (χ1n) is 6.99. The summed E-state index contributed by atoms with van der Waals surface area (Å²) in [5, 5.41) is 5.37. The van der Waals surface area contributed by atoms with E-state index in [0.717, 1.165) is 0 Å². The molecule has 0 unspecified atom stereocenters. The third-order valence-electron chi connectivity index (χ3n) is 3.07. The summed E-state index contributed by atoms with van der Waals surface area (Å²) in [6.45, 7) is -0.526. The number of carbonyl (C=O) groups is 2. The first kappa shape index (κ1) is 19.0. The molecule has 2 rings (SSSR count). The van der Waals surface area contributed by atoms with Gasteiger partial charge in [0.15, 0.2) is 23.3 Å². The van der Waals surface area contributed by atoms with Crippen LogP contribution in [-0.2, 0) is 4.79 Å². The van der Waals surface area contributed by atoms with Gasteiger partial charge in [0.05, 0.1) is 18.3 Å². The van der Waals surface area contributed by atoms with Crippen molar-refractivity contribution in [1.29, 1.82) is 0 Å². The van der Waals surface area contributed by atoms with Gasteiger partial charge in [-0.25, -0.2) is 27.4 Å². The van der Waals surface area contributed by atoms with Crippen LogP contribution in [0, 0.1) is 29.1 Å². The van der Waals surface area contributed by atoms with Crippen LogP contribution in [-0.4, -0.2) is 24.6 Å². The number of nitrogens with zero attached hydrogens (tertiary/aromatic N) is 1. The number of carbonyl (C=O) groups excluding carboxylic acids is 2. The average molecular weight is 371 g/mol. The molecular weight excluding hydrogens is 361 g/mol. The molecule has 136 valence electrons. The third-order valence-corrected chi connectivity index (χ3v) is 3.07. The van der Waals surface area contributed by atoms with E-state index < -0.39 is 53.0 Å². The Morgan fingerprint density at radius 1 is 0.885 bits per heavy atom. The summed E-state index contributed by atoms with van der Waals surface area (Å²) in [7, 11) is 0. The van der Waals surface area contributed by atoms with Crippen LogP contribution in [0.25, 0.3) is 0 Å². The number of benzene rings is 2. The predicted octanol–water partition coefficient (Wildman–Crippen LogP) is 2.26. The van der Waals surface area contributed by atoms with Gasteiger partial charge in [0.25, 0.3) is 11.8 Å². The summed E-state index contributed by atoms with van der Waals surface area (Å²) in [4.78, 5) is 23.2. The van der Waals surface area contributed by atoms with Gasteiger partial charge in [0.2, 0.25) is 5.82 Å². The standard InChI is InChI=1S/C16H10F5N3O2/c17-11-9(12(18)14(20)15(21)13(11)19)6-23-24-10(25)7-22-16(26)8-4-2-1-3-5-8/h1-6H,7H2,(H,22,26)(H,24,25)/b23-6+. The van der Waals surface area contributed by atoms with E-state index in [4.69, 9.17) is 0 Å². The third kappa shape index (κ3) is 4.21. The van der Waals surface area contributed by atoms with Crippen molar-refractivity contribution in [2.75, 3.05) is 6.54 Å².